The SMILES string of the molecule is O=C(NCCCC1CC(Cc2ccccc2)CCN1)Nc1cccc(F)c1. The molecule has 27 heavy (non-hydrogen) atoms. The molecule has 1 heterocycles. The smallest absolute Gasteiger partial charge is 0.319 e. The average molecular weight is 369 g/mol. The van der Waals surface area contributed by atoms with E-state index in [4.69, 9.17) is 0 Å². The van der Waals surface area contributed by atoms with E-state index < -0.39 is 0 Å². The Bertz CT molecular complexity index is 723. The van der Waals surface area contributed by atoms with Gasteiger partial charge in [-0.05, 0) is 68.3 Å². The van der Waals surface area contributed by atoms with Crippen molar-refractivity contribution in [1.29, 1.82) is 0 Å². The number of carbonyl (C=O) groups is 1. The van der Waals surface area contributed by atoms with Crippen molar-refractivity contribution in [2.24, 2.45) is 5.92 Å². The number of rotatable bonds is 7. The van der Waals surface area contributed by atoms with E-state index in [1.54, 1.807) is 12.1 Å². The predicted molar refractivity (Wildman–Crippen MR) is 107 cm³/mol. The van der Waals surface area contributed by atoms with Gasteiger partial charge in [-0.25, -0.2) is 9.18 Å². The van der Waals surface area contributed by atoms with Crippen LogP contribution >= 0.6 is 0 Å². The lowest BCUT2D eigenvalue weighted by atomic mass is 9.86. The van der Waals surface area contributed by atoms with Crippen LogP contribution in [0.2, 0.25) is 0 Å². The van der Waals surface area contributed by atoms with E-state index in [2.05, 4.69) is 46.3 Å². The number of nitrogens with one attached hydrogen (secondary N) is 3. The van der Waals surface area contributed by atoms with Gasteiger partial charge in [-0.2, -0.15) is 0 Å². The number of amides is 2. The molecule has 5 heteroatoms. The summed E-state index contributed by atoms with van der Waals surface area (Å²) in [7, 11) is 0. The Hall–Kier alpha value is -2.40. The second-order valence-corrected chi connectivity index (χ2v) is 7.26. The Morgan fingerprint density at radius 3 is 2.81 bits per heavy atom. The van der Waals surface area contributed by atoms with E-state index in [1.807, 2.05) is 0 Å². The molecule has 3 rings (SSSR count). The number of piperidine rings is 1. The minimum Gasteiger partial charge on any atom is -0.338 e. The molecule has 0 spiro atoms. The van der Waals surface area contributed by atoms with Crippen LogP contribution in [0.25, 0.3) is 0 Å². The summed E-state index contributed by atoms with van der Waals surface area (Å²) in [5.74, 6) is 0.365. The molecule has 4 nitrogen and oxygen atoms in total. The Morgan fingerprint density at radius 2 is 2.00 bits per heavy atom. The third-order valence-electron chi connectivity index (χ3n) is 5.07. The number of hydrogen-bond donors (Lipinski definition) is 3. The lowest BCUT2D eigenvalue weighted by Gasteiger charge is -2.30. The number of halogens is 1. The summed E-state index contributed by atoms with van der Waals surface area (Å²) in [5.41, 5.74) is 1.88. The highest BCUT2D eigenvalue weighted by atomic mass is 19.1. The molecule has 0 saturated carbocycles. The maximum absolute atomic E-state index is 13.1. The summed E-state index contributed by atoms with van der Waals surface area (Å²) in [6.45, 7) is 1.68. The molecule has 0 radical (unpaired) electrons. The fourth-order valence-corrected chi connectivity index (χ4v) is 3.74. The van der Waals surface area contributed by atoms with Gasteiger partial charge in [-0.15, -0.1) is 0 Å². The Morgan fingerprint density at radius 1 is 1.15 bits per heavy atom. The monoisotopic (exact) mass is 369 g/mol. The van der Waals surface area contributed by atoms with Crippen LogP contribution in [0.4, 0.5) is 14.9 Å². The van der Waals surface area contributed by atoms with Crippen LogP contribution in [0.3, 0.4) is 0 Å². The Balaban J connectivity index is 1.33. The first-order chi connectivity index (χ1) is 13.2. The summed E-state index contributed by atoms with van der Waals surface area (Å²) in [5, 5.41) is 9.09. The zero-order chi connectivity index (χ0) is 18.9. The van der Waals surface area contributed by atoms with Gasteiger partial charge in [0.2, 0.25) is 0 Å². The van der Waals surface area contributed by atoms with E-state index in [9.17, 15) is 9.18 Å². The molecule has 1 saturated heterocycles. The van der Waals surface area contributed by atoms with Gasteiger partial charge in [0.1, 0.15) is 5.82 Å². The molecular weight excluding hydrogens is 341 g/mol. The molecule has 2 atom stereocenters. The van der Waals surface area contributed by atoms with Gasteiger partial charge in [0.05, 0.1) is 0 Å². The number of hydrogen-bond acceptors (Lipinski definition) is 2. The third kappa shape index (κ3) is 6.68. The average Bonchev–Trinajstić information content (AvgIpc) is 2.66. The topological polar surface area (TPSA) is 53.2 Å². The molecule has 0 bridgehead atoms. The van der Waals surface area contributed by atoms with E-state index in [1.165, 1.54) is 30.5 Å². The summed E-state index contributed by atoms with van der Waals surface area (Å²) in [4.78, 5) is 11.9. The van der Waals surface area contributed by atoms with Gasteiger partial charge in [0.15, 0.2) is 0 Å². The fraction of sp³-hybridized carbons (Fsp3) is 0.409. The zero-order valence-electron chi connectivity index (χ0n) is 15.6. The molecule has 1 aliphatic heterocycles. The highest BCUT2D eigenvalue weighted by Gasteiger charge is 2.21. The summed E-state index contributed by atoms with van der Waals surface area (Å²) in [6, 6.07) is 16.8. The predicted octanol–water partition coefficient (Wildman–Crippen LogP) is 4.34. The van der Waals surface area contributed by atoms with Gasteiger partial charge in [0.25, 0.3) is 0 Å². The normalized spacial score (nSPS) is 19.4. The van der Waals surface area contributed by atoms with Crippen LogP contribution in [0, 0.1) is 11.7 Å². The number of urea groups is 1. The minimum absolute atomic E-state index is 0.292. The van der Waals surface area contributed by atoms with Crippen LogP contribution in [-0.2, 0) is 6.42 Å². The molecule has 1 aliphatic rings. The first-order valence-electron chi connectivity index (χ1n) is 9.77. The van der Waals surface area contributed by atoms with Gasteiger partial charge in [-0.3, -0.25) is 0 Å². The molecule has 0 aliphatic carbocycles. The highest BCUT2D eigenvalue weighted by molar-refractivity contribution is 5.89. The van der Waals surface area contributed by atoms with Crippen LogP contribution in [0.15, 0.2) is 54.6 Å². The second-order valence-electron chi connectivity index (χ2n) is 7.26. The Labute approximate surface area is 160 Å². The molecule has 2 aromatic carbocycles. The van der Waals surface area contributed by atoms with Crippen LogP contribution in [0.1, 0.15) is 31.2 Å². The van der Waals surface area contributed by atoms with Crippen LogP contribution in [0.5, 0.6) is 0 Å². The summed E-state index contributed by atoms with van der Waals surface area (Å²) < 4.78 is 13.1. The van der Waals surface area contributed by atoms with Gasteiger partial charge in [0, 0.05) is 18.3 Å². The highest BCUT2D eigenvalue weighted by Crippen LogP contribution is 2.23. The van der Waals surface area contributed by atoms with Crippen molar-refractivity contribution in [2.75, 3.05) is 18.4 Å². The van der Waals surface area contributed by atoms with Gasteiger partial charge < -0.3 is 16.0 Å². The maximum atomic E-state index is 13.1. The van der Waals surface area contributed by atoms with Gasteiger partial charge >= 0.3 is 6.03 Å². The van der Waals surface area contributed by atoms with Crippen molar-refractivity contribution in [1.82, 2.24) is 10.6 Å². The minimum atomic E-state index is -0.360. The lowest BCUT2D eigenvalue weighted by molar-refractivity contribution is 0.250. The molecule has 2 aromatic rings. The first kappa shape index (κ1) is 19.4. The van der Waals surface area contributed by atoms with Crippen molar-refractivity contribution >= 4 is 11.7 Å². The van der Waals surface area contributed by atoms with Crippen molar-refractivity contribution in [3.8, 4) is 0 Å². The molecule has 2 amide bonds. The molecular formula is C22H28FN3O. The van der Waals surface area contributed by atoms with E-state index >= 15 is 0 Å². The van der Waals surface area contributed by atoms with E-state index in [0.717, 1.165) is 31.7 Å². The number of carbonyl (C=O) groups excluding carboxylic acids is 1. The summed E-state index contributed by atoms with van der Waals surface area (Å²) in [6.07, 6.45) is 5.52. The Kier molecular flexibility index (Phi) is 7.22. The quantitative estimate of drug-likeness (QED) is 0.636. The lowest BCUT2D eigenvalue weighted by Crippen LogP contribution is -2.39. The van der Waals surface area contributed by atoms with Crippen LogP contribution in [-0.4, -0.2) is 25.2 Å². The molecule has 2 unspecified atom stereocenters. The summed E-state index contributed by atoms with van der Waals surface area (Å²) >= 11 is 0. The molecule has 144 valence electrons. The van der Waals surface area contributed by atoms with Crippen molar-refractivity contribution in [3.63, 3.8) is 0 Å². The van der Waals surface area contributed by atoms with Crippen molar-refractivity contribution in [2.45, 2.75) is 38.1 Å². The standard InChI is InChI=1S/C22H28FN3O/c23-19-8-4-9-21(16-19)26-22(27)25-12-5-10-20-15-18(11-13-24-20)14-17-6-2-1-3-7-17/h1-4,6-9,16,18,20,24H,5,10-15H2,(H2,25,26,27). The van der Waals surface area contributed by atoms with Crippen LogP contribution < -0.4 is 16.0 Å². The van der Waals surface area contributed by atoms with Crippen molar-refractivity contribution in [3.05, 3.63) is 66.0 Å². The zero-order valence-corrected chi connectivity index (χ0v) is 15.6. The van der Waals surface area contributed by atoms with Gasteiger partial charge in [-0.1, -0.05) is 36.4 Å². The number of anilines is 1. The van der Waals surface area contributed by atoms with Crippen molar-refractivity contribution < 1.29 is 9.18 Å². The fourth-order valence-electron chi connectivity index (χ4n) is 3.74. The second kappa shape index (κ2) is 10.1. The molecule has 0 aromatic heterocycles. The van der Waals surface area contributed by atoms with E-state index in [-0.39, 0.29) is 11.8 Å². The number of benzene rings is 2. The van der Waals surface area contributed by atoms with E-state index in [0.29, 0.717) is 18.3 Å². The maximum Gasteiger partial charge on any atom is 0.319 e. The molecule has 1 fully saturated rings. The first-order valence-corrected chi connectivity index (χ1v) is 9.77. The third-order valence-corrected chi connectivity index (χ3v) is 5.07. The molecule has 3 N–H and O–H groups in total. The largest absolute Gasteiger partial charge is 0.338 e.